The Hall–Kier alpha value is -3.53. The highest BCUT2D eigenvalue weighted by molar-refractivity contribution is 6.32. The lowest BCUT2D eigenvalue weighted by molar-refractivity contribution is 0.0968. The van der Waals surface area contributed by atoms with Gasteiger partial charge in [0.25, 0.3) is 0 Å². The normalized spacial score (nSPS) is 12.0. The van der Waals surface area contributed by atoms with E-state index in [-0.39, 0.29) is 41.5 Å². The van der Waals surface area contributed by atoms with E-state index in [2.05, 4.69) is 17.4 Å². The van der Waals surface area contributed by atoms with Crippen molar-refractivity contribution in [3.8, 4) is 0 Å². The van der Waals surface area contributed by atoms with E-state index < -0.39 is 0 Å². The second kappa shape index (κ2) is 7.71. The van der Waals surface area contributed by atoms with Crippen LogP contribution in [-0.2, 0) is 0 Å². The molecular formula is C26H25NO3. The Kier molecular flexibility index (Phi) is 5.45. The SMILES string of the molecule is C.CC(=O)c1cccc2c1C(=O)c1cccc(Nc3c(C)cc(C)cc3C)c1C2=O. The standard InChI is InChI=1S/C25H21NO3.CH4/c1-13-11-14(2)23(15(3)12-13)26-20-10-6-9-19-22(20)25(29)18-8-5-7-17(16(4)27)21(18)24(19)28;/h5-12,26H,1-4H3;1H4. The zero-order chi connectivity index (χ0) is 20.9. The largest absolute Gasteiger partial charge is 0.354 e. The second-order valence-corrected chi connectivity index (χ2v) is 7.57. The van der Waals surface area contributed by atoms with Crippen LogP contribution in [0, 0.1) is 20.8 Å². The van der Waals surface area contributed by atoms with Gasteiger partial charge in [0.05, 0.1) is 11.3 Å². The van der Waals surface area contributed by atoms with Gasteiger partial charge in [-0.05, 0) is 44.9 Å². The minimum absolute atomic E-state index is 0. The number of hydrogen-bond donors (Lipinski definition) is 1. The van der Waals surface area contributed by atoms with E-state index in [1.54, 1.807) is 30.3 Å². The van der Waals surface area contributed by atoms with Crippen LogP contribution in [0.5, 0.6) is 0 Å². The Bertz CT molecular complexity index is 1200. The number of rotatable bonds is 3. The van der Waals surface area contributed by atoms with Gasteiger partial charge in [-0.2, -0.15) is 0 Å². The third-order valence-electron chi connectivity index (χ3n) is 5.39. The van der Waals surface area contributed by atoms with Crippen molar-refractivity contribution >= 4 is 28.7 Å². The van der Waals surface area contributed by atoms with Gasteiger partial charge in [-0.3, -0.25) is 14.4 Å². The van der Waals surface area contributed by atoms with Crippen LogP contribution in [0.1, 0.15) is 73.2 Å². The molecule has 0 bridgehead atoms. The Morgan fingerprint density at radius 2 is 1.33 bits per heavy atom. The van der Waals surface area contributed by atoms with Gasteiger partial charge >= 0.3 is 0 Å². The van der Waals surface area contributed by atoms with Crippen molar-refractivity contribution in [2.24, 2.45) is 0 Å². The molecule has 0 saturated carbocycles. The molecule has 0 spiro atoms. The maximum Gasteiger partial charge on any atom is 0.196 e. The maximum atomic E-state index is 13.4. The summed E-state index contributed by atoms with van der Waals surface area (Å²) < 4.78 is 0. The molecule has 4 rings (SSSR count). The van der Waals surface area contributed by atoms with Crippen molar-refractivity contribution in [1.29, 1.82) is 0 Å². The van der Waals surface area contributed by atoms with Crippen LogP contribution < -0.4 is 5.32 Å². The molecule has 0 radical (unpaired) electrons. The molecule has 4 heteroatoms. The third-order valence-corrected chi connectivity index (χ3v) is 5.39. The smallest absolute Gasteiger partial charge is 0.196 e. The number of nitrogens with one attached hydrogen (secondary N) is 1. The number of Topliss-reactive ketones (excluding diaryl/α,β-unsaturated/α-hetero) is 1. The first kappa shape index (κ1) is 21.2. The number of ketones is 3. The van der Waals surface area contributed by atoms with Crippen LogP contribution in [0.25, 0.3) is 0 Å². The highest BCUT2D eigenvalue weighted by Gasteiger charge is 2.34. The van der Waals surface area contributed by atoms with Gasteiger partial charge in [0.2, 0.25) is 0 Å². The van der Waals surface area contributed by atoms with Crippen LogP contribution in [0.3, 0.4) is 0 Å². The number of carbonyl (C=O) groups excluding carboxylic acids is 3. The quantitative estimate of drug-likeness (QED) is 0.431. The molecular weight excluding hydrogens is 374 g/mol. The fraction of sp³-hybridized carbons (Fsp3) is 0.192. The minimum atomic E-state index is -0.290. The number of benzene rings is 3. The van der Waals surface area contributed by atoms with Crippen LogP contribution in [0.15, 0.2) is 48.5 Å². The summed E-state index contributed by atoms with van der Waals surface area (Å²) in [6.07, 6.45) is 0. The molecule has 0 saturated heterocycles. The van der Waals surface area contributed by atoms with Gasteiger partial charge in [-0.25, -0.2) is 0 Å². The number of aryl methyl sites for hydroxylation is 3. The summed E-state index contributed by atoms with van der Waals surface area (Å²) >= 11 is 0. The first-order valence-electron chi connectivity index (χ1n) is 9.51. The molecule has 0 atom stereocenters. The van der Waals surface area contributed by atoms with Crippen molar-refractivity contribution in [2.45, 2.75) is 35.1 Å². The van der Waals surface area contributed by atoms with Gasteiger partial charge in [-0.15, -0.1) is 0 Å². The Balaban J connectivity index is 0.00000256. The zero-order valence-electron chi connectivity index (χ0n) is 16.8. The minimum Gasteiger partial charge on any atom is -0.354 e. The molecule has 30 heavy (non-hydrogen) atoms. The maximum absolute atomic E-state index is 13.4. The summed E-state index contributed by atoms with van der Waals surface area (Å²) in [6, 6.07) is 14.2. The average Bonchev–Trinajstić information content (AvgIpc) is 2.68. The van der Waals surface area contributed by atoms with E-state index in [1.807, 2.05) is 26.8 Å². The fourth-order valence-electron chi connectivity index (χ4n) is 4.15. The zero-order valence-corrected chi connectivity index (χ0v) is 16.8. The molecule has 3 aromatic carbocycles. The Labute approximate surface area is 176 Å². The summed E-state index contributed by atoms with van der Waals surface area (Å²) in [7, 11) is 0. The van der Waals surface area contributed by atoms with Crippen LogP contribution >= 0.6 is 0 Å². The lowest BCUT2D eigenvalue weighted by Crippen LogP contribution is -2.24. The van der Waals surface area contributed by atoms with Crippen LogP contribution in [0.4, 0.5) is 11.4 Å². The summed E-state index contributed by atoms with van der Waals surface area (Å²) in [5.41, 5.74) is 6.26. The van der Waals surface area contributed by atoms with Gasteiger partial charge in [-0.1, -0.05) is 55.5 Å². The average molecular weight is 399 g/mol. The third kappa shape index (κ3) is 3.24. The van der Waals surface area contributed by atoms with Gasteiger partial charge in [0.1, 0.15) is 0 Å². The van der Waals surface area contributed by atoms with E-state index in [1.165, 1.54) is 6.92 Å². The number of carbonyl (C=O) groups is 3. The van der Waals surface area contributed by atoms with E-state index in [0.29, 0.717) is 16.8 Å². The predicted octanol–water partition coefficient (Wildman–Crippen LogP) is 5.97. The fourth-order valence-corrected chi connectivity index (χ4v) is 4.15. The molecule has 0 unspecified atom stereocenters. The van der Waals surface area contributed by atoms with E-state index in [0.717, 1.165) is 22.4 Å². The van der Waals surface area contributed by atoms with Crippen molar-refractivity contribution in [2.75, 3.05) is 5.32 Å². The number of hydrogen-bond acceptors (Lipinski definition) is 4. The second-order valence-electron chi connectivity index (χ2n) is 7.57. The summed E-state index contributed by atoms with van der Waals surface area (Å²) in [5.74, 6) is -0.767. The highest BCUT2D eigenvalue weighted by atomic mass is 16.1. The van der Waals surface area contributed by atoms with Crippen molar-refractivity contribution in [3.63, 3.8) is 0 Å². The molecule has 0 amide bonds. The first-order valence-corrected chi connectivity index (χ1v) is 9.51. The van der Waals surface area contributed by atoms with E-state index in [9.17, 15) is 14.4 Å². The Morgan fingerprint density at radius 3 is 1.93 bits per heavy atom. The Morgan fingerprint density at radius 1 is 0.800 bits per heavy atom. The van der Waals surface area contributed by atoms with Crippen molar-refractivity contribution in [3.05, 3.63) is 93.0 Å². The lowest BCUT2D eigenvalue weighted by atomic mass is 9.80. The molecule has 152 valence electrons. The van der Waals surface area contributed by atoms with Crippen molar-refractivity contribution in [1.82, 2.24) is 0 Å². The number of anilines is 2. The molecule has 1 aliphatic carbocycles. The molecule has 4 nitrogen and oxygen atoms in total. The lowest BCUT2D eigenvalue weighted by Gasteiger charge is -2.23. The topological polar surface area (TPSA) is 63.2 Å². The van der Waals surface area contributed by atoms with Gasteiger partial charge in [0, 0.05) is 27.9 Å². The highest BCUT2D eigenvalue weighted by Crippen LogP contribution is 2.36. The molecule has 3 aromatic rings. The summed E-state index contributed by atoms with van der Waals surface area (Å²) in [6.45, 7) is 7.47. The predicted molar refractivity (Wildman–Crippen MR) is 120 cm³/mol. The summed E-state index contributed by atoms with van der Waals surface area (Å²) in [5, 5.41) is 3.38. The van der Waals surface area contributed by atoms with Gasteiger partial charge in [0.15, 0.2) is 17.3 Å². The molecule has 0 aliphatic heterocycles. The van der Waals surface area contributed by atoms with Crippen LogP contribution in [0.2, 0.25) is 0 Å². The molecule has 1 N–H and O–H groups in total. The first-order chi connectivity index (χ1) is 13.8. The van der Waals surface area contributed by atoms with Crippen LogP contribution in [-0.4, -0.2) is 17.3 Å². The van der Waals surface area contributed by atoms with E-state index in [4.69, 9.17) is 0 Å². The van der Waals surface area contributed by atoms with E-state index >= 15 is 0 Å². The summed E-state index contributed by atoms with van der Waals surface area (Å²) in [4.78, 5) is 38.6. The van der Waals surface area contributed by atoms with Crippen molar-refractivity contribution < 1.29 is 14.4 Å². The molecule has 0 heterocycles. The van der Waals surface area contributed by atoms with Gasteiger partial charge < -0.3 is 5.32 Å². The molecule has 0 aromatic heterocycles. The molecule has 1 aliphatic rings. The number of fused-ring (bicyclic) bond motifs is 2. The molecule has 0 fully saturated rings. The monoisotopic (exact) mass is 399 g/mol.